The lowest BCUT2D eigenvalue weighted by molar-refractivity contribution is 0.322. The Morgan fingerprint density at radius 1 is 1.00 bits per heavy atom. The van der Waals surface area contributed by atoms with Crippen LogP contribution in [0.2, 0.25) is 0 Å². The maximum atomic E-state index is 5.38. The lowest BCUT2D eigenvalue weighted by atomic mass is 10.1. The zero-order chi connectivity index (χ0) is 12.0. The van der Waals surface area contributed by atoms with Gasteiger partial charge in [-0.15, -0.1) is 0 Å². The lowest BCUT2D eigenvalue weighted by Gasteiger charge is -2.15. The van der Waals surface area contributed by atoms with E-state index in [4.69, 9.17) is 14.2 Å². The van der Waals surface area contributed by atoms with E-state index >= 15 is 0 Å². The summed E-state index contributed by atoms with van der Waals surface area (Å²) in [6, 6.07) is 3.90. The standard InChI is InChI=1S/C12H18O3S/c1-13-10-7-6-9(5-4-8-16)11(14-2)12(10)15-3/h6-7,16H,4-5,8H2,1-3H3. The van der Waals surface area contributed by atoms with Crippen molar-refractivity contribution in [3.05, 3.63) is 17.7 Å². The third kappa shape index (κ3) is 2.76. The molecule has 0 atom stereocenters. The summed E-state index contributed by atoms with van der Waals surface area (Å²) in [5, 5.41) is 0. The van der Waals surface area contributed by atoms with Crippen LogP contribution in [0.1, 0.15) is 12.0 Å². The van der Waals surface area contributed by atoms with Gasteiger partial charge in [0.2, 0.25) is 5.75 Å². The molecule has 0 saturated heterocycles. The highest BCUT2D eigenvalue weighted by Gasteiger charge is 2.14. The Bertz CT molecular complexity index is 339. The number of hydrogen-bond acceptors (Lipinski definition) is 4. The molecule has 0 spiro atoms. The van der Waals surface area contributed by atoms with Gasteiger partial charge in [-0.1, -0.05) is 6.07 Å². The van der Waals surface area contributed by atoms with Crippen LogP contribution in [-0.2, 0) is 6.42 Å². The van der Waals surface area contributed by atoms with Gasteiger partial charge in [-0.05, 0) is 30.2 Å². The fraction of sp³-hybridized carbons (Fsp3) is 0.500. The topological polar surface area (TPSA) is 27.7 Å². The highest BCUT2D eigenvalue weighted by Crippen LogP contribution is 2.40. The Balaban J connectivity index is 3.10. The van der Waals surface area contributed by atoms with Gasteiger partial charge < -0.3 is 14.2 Å². The average molecular weight is 242 g/mol. The molecule has 1 rings (SSSR count). The summed E-state index contributed by atoms with van der Waals surface area (Å²) in [6.45, 7) is 0. The van der Waals surface area contributed by atoms with Crippen LogP contribution in [0.5, 0.6) is 17.2 Å². The second-order valence-electron chi connectivity index (χ2n) is 3.32. The predicted molar refractivity (Wildman–Crippen MR) is 68.3 cm³/mol. The second-order valence-corrected chi connectivity index (χ2v) is 3.77. The molecule has 0 unspecified atom stereocenters. The molecule has 0 heterocycles. The molecule has 0 fully saturated rings. The minimum absolute atomic E-state index is 0.654. The second kappa shape index (κ2) is 6.53. The van der Waals surface area contributed by atoms with E-state index in [9.17, 15) is 0 Å². The van der Waals surface area contributed by atoms with Crippen LogP contribution >= 0.6 is 12.6 Å². The van der Waals surface area contributed by atoms with Crippen LogP contribution in [0.25, 0.3) is 0 Å². The molecule has 0 amide bonds. The largest absolute Gasteiger partial charge is 0.493 e. The molecule has 1 aromatic rings. The van der Waals surface area contributed by atoms with E-state index in [0.29, 0.717) is 11.5 Å². The highest BCUT2D eigenvalue weighted by atomic mass is 32.1. The van der Waals surface area contributed by atoms with Gasteiger partial charge in [-0.3, -0.25) is 0 Å². The molecule has 3 nitrogen and oxygen atoms in total. The van der Waals surface area contributed by atoms with Gasteiger partial charge in [0.15, 0.2) is 11.5 Å². The van der Waals surface area contributed by atoms with Crippen LogP contribution in [-0.4, -0.2) is 27.1 Å². The van der Waals surface area contributed by atoms with Gasteiger partial charge in [0.25, 0.3) is 0 Å². The average Bonchev–Trinajstić information content (AvgIpc) is 2.34. The first-order chi connectivity index (χ1) is 7.78. The van der Waals surface area contributed by atoms with Crippen LogP contribution < -0.4 is 14.2 Å². The summed E-state index contributed by atoms with van der Waals surface area (Å²) in [5.74, 6) is 2.96. The SMILES string of the molecule is COc1ccc(CCCS)c(OC)c1OC. The van der Waals surface area contributed by atoms with Crippen LogP contribution in [0.4, 0.5) is 0 Å². The molecular weight excluding hydrogens is 224 g/mol. The molecule has 0 radical (unpaired) electrons. The summed E-state index contributed by atoms with van der Waals surface area (Å²) in [4.78, 5) is 0. The summed E-state index contributed by atoms with van der Waals surface area (Å²) in [6.07, 6.45) is 1.93. The zero-order valence-corrected chi connectivity index (χ0v) is 10.8. The highest BCUT2D eigenvalue weighted by molar-refractivity contribution is 7.80. The van der Waals surface area contributed by atoms with Crippen molar-refractivity contribution < 1.29 is 14.2 Å². The fourth-order valence-corrected chi connectivity index (χ4v) is 1.79. The minimum atomic E-state index is 0.654. The monoisotopic (exact) mass is 242 g/mol. The van der Waals surface area contributed by atoms with Gasteiger partial charge >= 0.3 is 0 Å². The number of thiol groups is 1. The van der Waals surface area contributed by atoms with Gasteiger partial charge in [-0.25, -0.2) is 0 Å². The lowest BCUT2D eigenvalue weighted by Crippen LogP contribution is -1.99. The molecule has 1 aromatic carbocycles. The Hall–Kier alpha value is -1.03. The van der Waals surface area contributed by atoms with Gasteiger partial charge in [-0.2, -0.15) is 12.6 Å². The molecule has 0 bridgehead atoms. The molecule has 90 valence electrons. The number of hydrogen-bond donors (Lipinski definition) is 1. The maximum absolute atomic E-state index is 5.38. The Morgan fingerprint density at radius 3 is 2.19 bits per heavy atom. The van der Waals surface area contributed by atoms with Crippen molar-refractivity contribution >= 4 is 12.6 Å². The number of ether oxygens (including phenoxy) is 3. The molecule has 16 heavy (non-hydrogen) atoms. The molecule has 0 aromatic heterocycles. The van der Waals surface area contributed by atoms with Crippen molar-refractivity contribution in [2.24, 2.45) is 0 Å². The summed E-state index contributed by atoms with van der Waals surface area (Å²) in [5.41, 5.74) is 1.12. The van der Waals surface area contributed by atoms with E-state index in [1.165, 1.54) is 0 Å². The van der Waals surface area contributed by atoms with Crippen molar-refractivity contribution in [3.8, 4) is 17.2 Å². The van der Waals surface area contributed by atoms with Crippen LogP contribution in [0, 0.1) is 0 Å². The minimum Gasteiger partial charge on any atom is -0.493 e. The normalized spacial score (nSPS) is 10.0. The molecule has 0 aliphatic heterocycles. The van der Waals surface area contributed by atoms with E-state index < -0.39 is 0 Å². The van der Waals surface area contributed by atoms with Gasteiger partial charge in [0.1, 0.15) is 0 Å². The maximum Gasteiger partial charge on any atom is 0.203 e. The first kappa shape index (κ1) is 13.0. The van der Waals surface area contributed by atoms with Crippen LogP contribution in [0.3, 0.4) is 0 Å². The van der Waals surface area contributed by atoms with Crippen molar-refractivity contribution in [1.82, 2.24) is 0 Å². The molecule has 0 saturated carbocycles. The van der Waals surface area contributed by atoms with E-state index in [1.807, 2.05) is 12.1 Å². The predicted octanol–water partition coefficient (Wildman–Crippen LogP) is 2.57. The van der Waals surface area contributed by atoms with E-state index in [2.05, 4.69) is 12.6 Å². The summed E-state index contributed by atoms with van der Waals surface area (Å²) >= 11 is 4.21. The molecule has 0 aliphatic rings. The third-order valence-electron chi connectivity index (χ3n) is 2.39. The van der Waals surface area contributed by atoms with Gasteiger partial charge in [0.05, 0.1) is 21.3 Å². The van der Waals surface area contributed by atoms with Gasteiger partial charge in [0, 0.05) is 0 Å². The smallest absolute Gasteiger partial charge is 0.203 e. The van der Waals surface area contributed by atoms with E-state index in [1.54, 1.807) is 21.3 Å². The first-order valence-electron chi connectivity index (χ1n) is 5.17. The Kier molecular flexibility index (Phi) is 5.32. The molecule has 0 aliphatic carbocycles. The summed E-state index contributed by atoms with van der Waals surface area (Å²) in [7, 11) is 4.87. The van der Waals surface area contributed by atoms with Crippen molar-refractivity contribution in [2.75, 3.05) is 27.1 Å². The number of benzene rings is 1. The van der Waals surface area contributed by atoms with Crippen molar-refractivity contribution in [2.45, 2.75) is 12.8 Å². The fourth-order valence-electron chi connectivity index (χ4n) is 1.63. The zero-order valence-electron chi connectivity index (χ0n) is 9.95. The Labute approximate surface area is 102 Å². The number of aryl methyl sites for hydroxylation is 1. The first-order valence-corrected chi connectivity index (χ1v) is 5.80. The van der Waals surface area contributed by atoms with E-state index in [0.717, 1.165) is 29.9 Å². The van der Waals surface area contributed by atoms with E-state index in [-0.39, 0.29) is 0 Å². The quantitative estimate of drug-likeness (QED) is 0.777. The summed E-state index contributed by atoms with van der Waals surface area (Å²) < 4.78 is 15.9. The Morgan fingerprint density at radius 2 is 1.69 bits per heavy atom. The molecular formula is C12H18O3S. The molecule has 4 heteroatoms. The third-order valence-corrected chi connectivity index (χ3v) is 2.71. The van der Waals surface area contributed by atoms with Crippen LogP contribution in [0.15, 0.2) is 12.1 Å². The molecule has 0 N–H and O–H groups in total. The van der Waals surface area contributed by atoms with Crippen molar-refractivity contribution in [3.63, 3.8) is 0 Å². The number of methoxy groups -OCH3 is 3. The number of rotatable bonds is 6. The van der Waals surface area contributed by atoms with Crippen molar-refractivity contribution in [1.29, 1.82) is 0 Å².